The normalized spacial score (nSPS) is 18.2. The van der Waals surface area contributed by atoms with E-state index >= 15 is 0 Å². The second-order valence-corrected chi connectivity index (χ2v) is 8.93. The Hall–Kier alpha value is -3.61. The maximum atomic E-state index is 13.5. The standard InChI is InChI=1S/C25H26O7/c1-12(2)5-6-14-23-13(7-8-25(3,4)32-23)21(29)20-22(30)16(11-31-24(14)20)15-9-18(27)19(28)10-17(15)26/h5,7-10,16,26-29H,6,11H2,1-4H3. The van der Waals surface area contributed by atoms with Crippen LogP contribution in [0, 0.1) is 0 Å². The topological polar surface area (TPSA) is 116 Å². The third kappa shape index (κ3) is 3.53. The minimum atomic E-state index is -0.973. The molecule has 1 unspecified atom stereocenters. The predicted octanol–water partition coefficient (Wildman–Crippen LogP) is 4.56. The molecule has 0 amide bonds. The zero-order valence-corrected chi connectivity index (χ0v) is 18.4. The number of phenols is 4. The summed E-state index contributed by atoms with van der Waals surface area (Å²) in [5.41, 5.74) is 1.66. The monoisotopic (exact) mass is 438 g/mol. The van der Waals surface area contributed by atoms with E-state index < -0.39 is 28.8 Å². The van der Waals surface area contributed by atoms with E-state index in [2.05, 4.69) is 0 Å². The van der Waals surface area contributed by atoms with Crippen molar-refractivity contribution in [2.75, 3.05) is 6.61 Å². The van der Waals surface area contributed by atoms with Gasteiger partial charge in [0, 0.05) is 17.2 Å². The Bertz CT molecular complexity index is 1180. The molecule has 0 bridgehead atoms. The number of Topliss-reactive ketones (excluding diaryl/α,β-unsaturated/α-hetero) is 1. The lowest BCUT2D eigenvalue weighted by Crippen LogP contribution is -2.31. The van der Waals surface area contributed by atoms with Crippen molar-refractivity contribution in [3.8, 4) is 34.5 Å². The number of ketones is 1. The van der Waals surface area contributed by atoms with Gasteiger partial charge in [-0.3, -0.25) is 4.79 Å². The number of phenolic OH excluding ortho intramolecular Hbond substituents is 4. The minimum absolute atomic E-state index is 0.0112. The van der Waals surface area contributed by atoms with Gasteiger partial charge in [-0.25, -0.2) is 0 Å². The molecular weight excluding hydrogens is 412 g/mol. The van der Waals surface area contributed by atoms with Crippen LogP contribution in [0.5, 0.6) is 34.5 Å². The van der Waals surface area contributed by atoms with Gasteiger partial charge in [0.15, 0.2) is 17.3 Å². The van der Waals surface area contributed by atoms with Gasteiger partial charge >= 0.3 is 0 Å². The number of aromatic hydroxyl groups is 4. The van der Waals surface area contributed by atoms with Crippen LogP contribution < -0.4 is 9.47 Å². The first-order chi connectivity index (χ1) is 15.0. The van der Waals surface area contributed by atoms with Crippen LogP contribution in [-0.4, -0.2) is 38.4 Å². The fraction of sp³-hybridized carbons (Fsp3) is 0.320. The number of fused-ring (bicyclic) bond motifs is 2. The number of hydrogen-bond acceptors (Lipinski definition) is 7. The Labute approximate surface area is 185 Å². The number of allylic oxidation sites excluding steroid dienone is 2. The molecule has 7 nitrogen and oxygen atoms in total. The number of carbonyl (C=O) groups is 1. The van der Waals surface area contributed by atoms with Crippen LogP contribution in [-0.2, 0) is 6.42 Å². The van der Waals surface area contributed by atoms with Crippen LogP contribution in [0.3, 0.4) is 0 Å². The lowest BCUT2D eigenvalue weighted by molar-refractivity contribution is 0.0886. The first kappa shape index (κ1) is 21.6. The molecule has 0 radical (unpaired) electrons. The molecule has 0 saturated heterocycles. The van der Waals surface area contributed by atoms with Gasteiger partial charge in [0.1, 0.15) is 40.8 Å². The molecule has 0 aromatic heterocycles. The second-order valence-electron chi connectivity index (χ2n) is 8.93. The van der Waals surface area contributed by atoms with Gasteiger partial charge in [-0.15, -0.1) is 0 Å². The zero-order chi connectivity index (χ0) is 23.4. The van der Waals surface area contributed by atoms with Crippen LogP contribution in [0.25, 0.3) is 6.08 Å². The van der Waals surface area contributed by atoms with Gasteiger partial charge in [-0.1, -0.05) is 11.6 Å². The molecule has 0 fully saturated rings. The molecule has 2 aliphatic heterocycles. The summed E-state index contributed by atoms with van der Waals surface area (Å²) < 4.78 is 12.2. The molecule has 2 aromatic rings. The maximum Gasteiger partial charge on any atom is 0.181 e. The van der Waals surface area contributed by atoms with Gasteiger partial charge in [0.2, 0.25) is 0 Å². The smallest absolute Gasteiger partial charge is 0.181 e. The fourth-order valence-corrected chi connectivity index (χ4v) is 4.01. The van der Waals surface area contributed by atoms with Gasteiger partial charge in [0.25, 0.3) is 0 Å². The number of hydrogen-bond donors (Lipinski definition) is 4. The van der Waals surface area contributed by atoms with Crippen LogP contribution in [0.2, 0.25) is 0 Å². The SMILES string of the molecule is CC(C)=CCc1c2c(c(O)c3c1OCC(c1cc(O)c(O)cc1O)C3=O)C=CC(C)(C)O2. The van der Waals surface area contributed by atoms with E-state index in [0.29, 0.717) is 23.3 Å². The summed E-state index contributed by atoms with van der Waals surface area (Å²) in [6, 6.07) is 2.10. The summed E-state index contributed by atoms with van der Waals surface area (Å²) in [6.07, 6.45) is 5.98. The molecule has 0 saturated carbocycles. The largest absolute Gasteiger partial charge is 0.507 e. The fourth-order valence-electron chi connectivity index (χ4n) is 4.01. The van der Waals surface area contributed by atoms with Crippen molar-refractivity contribution < 1.29 is 34.7 Å². The Morgan fingerprint density at radius 2 is 1.78 bits per heavy atom. The van der Waals surface area contributed by atoms with Crippen LogP contribution in [0.15, 0.2) is 29.9 Å². The third-order valence-corrected chi connectivity index (χ3v) is 5.70. The summed E-state index contributed by atoms with van der Waals surface area (Å²) >= 11 is 0. The summed E-state index contributed by atoms with van der Waals surface area (Å²) in [4.78, 5) is 13.5. The number of rotatable bonds is 3. The van der Waals surface area contributed by atoms with Crippen molar-refractivity contribution in [2.24, 2.45) is 0 Å². The van der Waals surface area contributed by atoms with E-state index in [0.717, 1.165) is 17.7 Å². The van der Waals surface area contributed by atoms with Gasteiger partial charge in [-0.05, 0) is 52.3 Å². The molecule has 4 N–H and O–H groups in total. The predicted molar refractivity (Wildman–Crippen MR) is 119 cm³/mol. The second kappa shape index (κ2) is 7.51. The van der Waals surface area contributed by atoms with E-state index in [-0.39, 0.29) is 35.0 Å². The molecule has 2 aliphatic rings. The van der Waals surface area contributed by atoms with Crippen molar-refractivity contribution in [1.82, 2.24) is 0 Å². The zero-order valence-electron chi connectivity index (χ0n) is 18.4. The lowest BCUT2D eigenvalue weighted by Gasteiger charge is -2.34. The van der Waals surface area contributed by atoms with Gasteiger partial charge in [0.05, 0.1) is 11.5 Å². The summed E-state index contributed by atoms with van der Waals surface area (Å²) in [6.45, 7) is 7.62. The minimum Gasteiger partial charge on any atom is -0.507 e. The molecule has 32 heavy (non-hydrogen) atoms. The number of carbonyl (C=O) groups excluding carboxylic acids is 1. The highest BCUT2D eigenvalue weighted by atomic mass is 16.5. The number of benzene rings is 2. The average Bonchev–Trinajstić information content (AvgIpc) is 2.70. The van der Waals surface area contributed by atoms with E-state index in [1.165, 1.54) is 0 Å². The Balaban J connectivity index is 1.90. The first-order valence-electron chi connectivity index (χ1n) is 10.4. The molecule has 168 valence electrons. The average molecular weight is 438 g/mol. The Kier molecular flexibility index (Phi) is 5.07. The van der Waals surface area contributed by atoms with Crippen LogP contribution in [0.4, 0.5) is 0 Å². The van der Waals surface area contributed by atoms with Gasteiger partial charge in [-0.2, -0.15) is 0 Å². The molecule has 0 aliphatic carbocycles. The highest BCUT2D eigenvalue weighted by Gasteiger charge is 2.40. The highest BCUT2D eigenvalue weighted by Crippen LogP contribution is 2.51. The van der Waals surface area contributed by atoms with Gasteiger partial charge < -0.3 is 29.9 Å². The third-order valence-electron chi connectivity index (χ3n) is 5.70. The Morgan fingerprint density at radius 3 is 2.47 bits per heavy atom. The van der Waals surface area contributed by atoms with Crippen molar-refractivity contribution in [2.45, 2.75) is 45.6 Å². The van der Waals surface area contributed by atoms with E-state index in [1.807, 2.05) is 39.8 Å². The highest BCUT2D eigenvalue weighted by molar-refractivity contribution is 6.08. The van der Waals surface area contributed by atoms with Crippen molar-refractivity contribution >= 4 is 11.9 Å². The maximum absolute atomic E-state index is 13.5. The van der Waals surface area contributed by atoms with Crippen LogP contribution in [0.1, 0.15) is 60.7 Å². The van der Waals surface area contributed by atoms with E-state index in [4.69, 9.17) is 9.47 Å². The summed E-state index contributed by atoms with van der Waals surface area (Å²) in [7, 11) is 0. The summed E-state index contributed by atoms with van der Waals surface area (Å²) in [5.74, 6) is -2.26. The number of ether oxygens (including phenoxy) is 2. The lowest BCUT2D eigenvalue weighted by atomic mass is 9.84. The Morgan fingerprint density at radius 1 is 1.09 bits per heavy atom. The molecule has 4 rings (SSSR count). The van der Waals surface area contributed by atoms with E-state index in [9.17, 15) is 25.2 Å². The first-order valence-corrected chi connectivity index (χ1v) is 10.4. The van der Waals surface area contributed by atoms with E-state index in [1.54, 1.807) is 6.08 Å². The van der Waals surface area contributed by atoms with Crippen molar-refractivity contribution in [1.29, 1.82) is 0 Å². The molecular formula is C25H26O7. The molecule has 1 atom stereocenters. The molecule has 2 aromatic carbocycles. The molecule has 7 heteroatoms. The van der Waals surface area contributed by atoms with Crippen LogP contribution >= 0.6 is 0 Å². The molecule has 2 heterocycles. The van der Waals surface area contributed by atoms with Crippen molar-refractivity contribution in [3.05, 3.63) is 52.1 Å². The van der Waals surface area contributed by atoms with Crippen molar-refractivity contribution in [3.63, 3.8) is 0 Å². The summed E-state index contributed by atoms with van der Waals surface area (Å²) in [5, 5.41) is 40.8. The quantitative estimate of drug-likeness (QED) is 0.315. The molecule has 0 spiro atoms.